The van der Waals surface area contributed by atoms with Gasteiger partial charge in [-0.05, 0) is 24.0 Å². The monoisotopic (exact) mass is 432 g/mol. The van der Waals surface area contributed by atoms with Gasteiger partial charge in [0.15, 0.2) is 0 Å². The molecular formula is C22H28N2O7. The second-order valence-electron chi connectivity index (χ2n) is 8.69. The molecule has 2 aliphatic heterocycles. The summed E-state index contributed by atoms with van der Waals surface area (Å²) in [6, 6.07) is 0. The predicted octanol–water partition coefficient (Wildman–Crippen LogP) is 0.155. The molecule has 168 valence electrons. The van der Waals surface area contributed by atoms with Gasteiger partial charge in [-0.15, -0.1) is 0 Å². The van der Waals surface area contributed by atoms with E-state index in [-0.39, 0.29) is 23.6 Å². The number of nitrogens with zero attached hydrogens (tertiary/aromatic N) is 2. The Bertz CT molecular complexity index is 809. The van der Waals surface area contributed by atoms with Crippen LogP contribution in [0.2, 0.25) is 0 Å². The van der Waals surface area contributed by atoms with Gasteiger partial charge in [-0.2, -0.15) is 0 Å². The van der Waals surface area contributed by atoms with Crippen molar-refractivity contribution in [1.29, 1.82) is 0 Å². The molecule has 31 heavy (non-hydrogen) atoms. The lowest BCUT2D eigenvalue weighted by molar-refractivity contribution is -0.140. The van der Waals surface area contributed by atoms with Crippen LogP contribution in [0.3, 0.4) is 0 Å². The van der Waals surface area contributed by atoms with E-state index in [2.05, 4.69) is 0 Å². The Morgan fingerprint density at radius 2 is 1.13 bits per heavy atom. The van der Waals surface area contributed by atoms with Crippen LogP contribution < -0.4 is 0 Å². The average Bonchev–Trinajstić information content (AvgIpc) is 3.13. The van der Waals surface area contributed by atoms with Crippen molar-refractivity contribution < 1.29 is 33.4 Å². The number of methoxy groups -OCH3 is 2. The van der Waals surface area contributed by atoms with Crippen molar-refractivity contribution in [2.75, 3.05) is 41.5 Å². The minimum Gasteiger partial charge on any atom is -0.377 e. The topological polar surface area (TPSA) is 102 Å². The second kappa shape index (κ2) is 8.29. The lowest BCUT2D eigenvalue weighted by Crippen LogP contribution is -2.36. The maximum atomic E-state index is 12.4. The number of amides is 4. The Morgan fingerprint density at radius 1 is 0.742 bits per heavy atom. The summed E-state index contributed by atoms with van der Waals surface area (Å²) in [5, 5.41) is 0. The van der Waals surface area contributed by atoms with Gasteiger partial charge >= 0.3 is 0 Å². The molecule has 4 amide bonds. The van der Waals surface area contributed by atoms with Crippen LogP contribution in [0.15, 0.2) is 23.3 Å². The number of fused-ring (bicyclic) bond motifs is 2. The zero-order chi connectivity index (χ0) is 22.4. The molecule has 0 unspecified atom stereocenters. The molecule has 0 spiro atoms. The molecular weight excluding hydrogens is 404 g/mol. The van der Waals surface area contributed by atoms with Gasteiger partial charge in [0.05, 0.1) is 49.1 Å². The molecule has 2 saturated heterocycles. The summed E-state index contributed by atoms with van der Waals surface area (Å²) < 4.78 is 16.9. The maximum absolute atomic E-state index is 12.4. The molecule has 4 rings (SSSR count). The third-order valence-corrected chi connectivity index (χ3v) is 6.99. The van der Waals surface area contributed by atoms with Crippen LogP contribution >= 0.6 is 0 Å². The van der Waals surface area contributed by atoms with E-state index in [0.29, 0.717) is 26.1 Å². The highest BCUT2D eigenvalue weighted by Crippen LogP contribution is 2.40. The molecule has 0 bridgehead atoms. The molecule has 6 atom stereocenters. The molecule has 0 aromatic rings. The van der Waals surface area contributed by atoms with Gasteiger partial charge in [0.1, 0.15) is 0 Å². The zero-order valence-corrected chi connectivity index (χ0v) is 18.2. The van der Waals surface area contributed by atoms with Crippen molar-refractivity contribution in [3.63, 3.8) is 0 Å². The Labute approximate surface area is 181 Å². The van der Waals surface area contributed by atoms with Crippen LogP contribution in [0.25, 0.3) is 0 Å². The number of likely N-dealkylation sites (tertiary alicyclic amines) is 2. The maximum Gasteiger partial charge on any atom is 0.235 e. The zero-order valence-electron chi connectivity index (χ0n) is 18.2. The van der Waals surface area contributed by atoms with Crippen molar-refractivity contribution in [2.24, 2.45) is 23.7 Å². The number of hydrogen-bond acceptors (Lipinski definition) is 7. The summed E-state index contributed by atoms with van der Waals surface area (Å²) in [5.41, 5.74) is 1.82. The van der Waals surface area contributed by atoms with E-state index < -0.39 is 35.9 Å². The SMILES string of the molecule is CO[C@H]1C=C(COCC2=C[C@H](OC)[C@@H]3C(=O)N(C)C(=O)[C@@H]3C2)C[C@H]2C(=O)N(C)C(=O)[C@@H]12. The molecule has 0 aromatic heterocycles. The highest BCUT2D eigenvalue weighted by Gasteiger charge is 2.52. The number of ether oxygens (including phenoxy) is 3. The Morgan fingerprint density at radius 3 is 1.48 bits per heavy atom. The number of hydrogen-bond donors (Lipinski definition) is 0. The quantitative estimate of drug-likeness (QED) is 0.435. The van der Waals surface area contributed by atoms with E-state index in [1.807, 2.05) is 12.2 Å². The summed E-state index contributed by atoms with van der Waals surface area (Å²) in [6.45, 7) is 0.592. The van der Waals surface area contributed by atoms with Gasteiger partial charge in [-0.3, -0.25) is 29.0 Å². The molecule has 0 aromatic carbocycles. The van der Waals surface area contributed by atoms with Crippen molar-refractivity contribution >= 4 is 23.6 Å². The van der Waals surface area contributed by atoms with Crippen LogP contribution in [0.4, 0.5) is 0 Å². The molecule has 2 heterocycles. The second-order valence-corrected chi connectivity index (χ2v) is 8.69. The third kappa shape index (κ3) is 3.54. The largest absolute Gasteiger partial charge is 0.377 e. The van der Waals surface area contributed by atoms with Crippen LogP contribution in [0.5, 0.6) is 0 Å². The fourth-order valence-electron chi connectivity index (χ4n) is 5.31. The van der Waals surface area contributed by atoms with Gasteiger partial charge in [-0.1, -0.05) is 12.2 Å². The first kappa shape index (κ1) is 21.9. The molecule has 4 aliphatic rings. The van der Waals surface area contributed by atoms with Crippen molar-refractivity contribution in [3.8, 4) is 0 Å². The Balaban J connectivity index is 1.40. The van der Waals surface area contributed by atoms with E-state index in [1.54, 1.807) is 0 Å². The van der Waals surface area contributed by atoms with Gasteiger partial charge in [0.25, 0.3) is 0 Å². The fourth-order valence-corrected chi connectivity index (χ4v) is 5.31. The highest BCUT2D eigenvalue weighted by atomic mass is 16.5. The summed E-state index contributed by atoms with van der Waals surface area (Å²) in [7, 11) is 6.08. The van der Waals surface area contributed by atoms with Gasteiger partial charge in [0.2, 0.25) is 23.6 Å². The highest BCUT2D eigenvalue weighted by molar-refractivity contribution is 6.06. The van der Waals surface area contributed by atoms with E-state index >= 15 is 0 Å². The van der Waals surface area contributed by atoms with E-state index in [9.17, 15) is 19.2 Å². The molecule has 9 heteroatoms. The molecule has 2 aliphatic carbocycles. The Hall–Kier alpha value is -2.36. The molecule has 9 nitrogen and oxygen atoms in total. The Kier molecular flexibility index (Phi) is 5.85. The minimum atomic E-state index is -0.477. The summed E-state index contributed by atoms with van der Waals surface area (Å²) in [4.78, 5) is 52.0. The molecule has 0 N–H and O–H groups in total. The summed E-state index contributed by atoms with van der Waals surface area (Å²) in [5.74, 6) is -2.56. The number of carbonyl (C=O) groups excluding carboxylic acids is 4. The summed E-state index contributed by atoms with van der Waals surface area (Å²) in [6.07, 6.45) is 3.77. The van der Waals surface area contributed by atoms with Gasteiger partial charge < -0.3 is 14.2 Å². The fraction of sp³-hybridized carbons (Fsp3) is 0.636. The van der Waals surface area contributed by atoms with Gasteiger partial charge in [-0.25, -0.2) is 0 Å². The van der Waals surface area contributed by atoms with E-state index in [1.165, 1.54) is 38.1 Å². The number of carbonyl (C=O) groups is 4. The lowest BCUT2D eigenvalue weighted by Gasteiger charge is -2.30. The average molecular weight is 432 g/mol. The first-order chi connectivity index (χ1) is 14.8. The van der Waals surface area contributed by atoms with Crippen LogP contribution in [-0.4, -0.2) is 87.2 Å². The standard InChI is InChI=1S/C22H28N2O7/c1-23-19(25)13-5-11(7-15(29-3)17(13)21(23)27)9-31-10-12-6-14-18(16(8-12)30-4)22(28)24(2)20(14)26/h7-8,13-18H,5-6,9-10H2,1-4H3/t13-,14-,15+,16+,17-,18-/m1/s1. The number of rotatable bonds is 6. The normalized spacial score (nSPS) is 35.4. The van der Waals surface area contributed by atoms with E-state index in [4.69, 9.17) is 14.2 Å². The first-order valence-electron chi connectivity index (χ1n) is 10.4. The molecule has 0 radical (unpaired) electrons. The molecule has 2 fully saturated rings. The van der Waals surface area contributed by atoms with Crippen molar-refractivity contribution in [2.45, 2.75) is 25.0 Å². The smallest absolute Gasteiger partial charge is 0.235 e. The van der Waals surface area contributed by atoms with Crippen LogP contribution in [-0.2, 0) is 33.4 Å². The van der Waals surface area contributed by atoms with E-state index in [0.717, 1.165) is 11.1 Å². The minimum absolute atomic E-state index is 0.180. The van der Waals surface area contributed by atoms with Crippen LogP contribution in [0.1, 0.15) is 12.8 Å². The lowest BCUT2D eigenvalue weighted by atomic mass is 9.79. The van der Waals surface area contributed by atoms with Crippen molar-refractivity contribution in [1.82, 2.24) is 9.80 Å². The molecule has 0 saturated carbocycles. The predicted molar refractivity (Wildman–Crippen MR) is 107 cm³/mol. The third-order valence-electron chi connectivity index (χ3n) is 6.99. The summed E-state index contributed by atoms with van der Waals surface area (Å²) >= 11 is 0. The van der Waals surface area contributed by atoms with Crippen LogP contribution in [0, 0.1) is 23.7 Å². The van der Waals surface area contributed by atoms with Gasteiger partial charge in [0, 0.05) is 28.3 Å². The van der Waals surface area contributed by atoms with Crippen molar-refractivity contribution in [3.05, 3.63) is 23.3 Å². The first-order valence-corrected chi connectivity index (χ1v) is 10.4. The number of imide groups is 2.